The molecule has 0 aliphatic carbocycles. The summed E-state index contributed by atoms with van der Waals surface area (Å²) in [6.07, 6.45) is 13.2. The second-order valence-electron chi connectivity index (χ2n) is 5.07. The van der Waals surface area contributed by atoms with Crippen LogP contribution in [0, 0.1) is 0 Å². The maximum atomic E-state index is 11.4. The Morgan fingerprint density at radius 3 is 1.42 bits per heavy atom. The van der Waals surface area contributed by atoms with Crippen LogP contribution in [0.4, 0.5) is 0 Å². The Labute approximate surface area is 120 Å². The van der Waals surface area contributed by atoms with Crippen LogP contribution in [0.5, 0.6) is 0 Å². The number of rotatable bonds is 15. The van der Waals surface area contributed by atoms with Crippen molar-refractivity contribution in [2.45, 2.75) is 84.5 Å². The summed E-state index contributed by atoms with van der Waals surface area (Å²) < 4.78 is 21.7. The van der Waals surface area contributed by atoms with Crippen molar-refractivity contribution in [3.8, 4) is 0 Å². The van der Waals surface area contributed by atoms with Crippen LogP contribution in [0.2, 0.25) is 0 Å². The summed E-state index contributed by atoms with van der Waals surface area (Å²) in [6.45, 7) is 5.55. The van der Waals surface area contributed by atoms with Crippen LogP contribution in [0.25, 0.3) is 0 Å². The Kier molecular flexibility index (Phi) is 16.1. The molecule has 0 rings (SSSR count). The molecule has 0 N–H and O–H groups in total. The summed E-state index contributed by atoms with van der Waals surface area (Å²) in [5, 5.41) is 0. The van der Waals surface area contributed by atoms with E-state index in [0.29, 0.717) is 13.2 Å². The van der Waals surface area contributed by atoms with E-state index in [9.17, 15) is 4.57 Å². The van der Waals surface area contributed by atoms with E-state index in [4.69, 9.17) is 9.05 Å². The molecule has 3 nitrogen and oxygen atoms in total. The molecule has 0 aromatic carbocycles. The van der Waals surface area contributed by atoms with Crippen molar-refractivity contribution in [2.75, 3.05) is 13.2 Å². The van der Waals surface area contributed by atoms with Crippen LogP contribution in [0.15, 0.2) is 0 Å². The third kappa shape index (κ3) is 16.0. The quantitative estimate of drug-likeness (QED) is 0.274. The lowest BCUT2D eigenvalue weighted by Crippen LogP contribution is -1.92. The minimum Gasteiger partial charge on any atom is -0.119 e. The molecule has 0 aliphatic rings. The molecule has 0 spiro atoms. The van der Waals surface area contributed by atoms with Crippen LogP contribution in [0.3, 0.4) is 0 Å². The Hall–Kier alpha value is 0.0200. The van der Waals surface area contributed by atoms with Crippen molar-refractivity contribution in [1.82, 2.24) is 0 Å². The lowest BCUT2D eigenvalue weighted by atomic mass is 10.1. The average Bonchev–Trinajstić information content (AvgIpc) is 2.41. The summed E-state index contributed by atoms with van der Waals surface area (Å²) in [5.74, 6) is 0. The summed E-state index contributed by atoms with van der Waals surface area (Å²) >= 11 is 0. The fourth-order valence-electron chi connectivity index (χ4n) is 1.90. The van der Waals surface area contributed by atoms with Crippen molar-refractivity contribution < 1.29 is 13.6 Å². The molecule has 0 aromatic rings. The predicted molar refractivity (Wildman–Crippen MR) is 81.6 cm³/mol. The summed E-state index contributed by atoms with van der Waals surface area (Å²) in [7, 11) is -1.88. The first-order chi connectivity index (χ1) is 9.31. The maximum Gasteiger partial charge on any atom is 0.697 e. The Morgan fingerprint density at radius 1 is 0.632 bits per heavy atom. The highest BCUT2D eigenvalue weighted by Gasteiger charge is 2.18. The topological polar surface area (TPSA) is 35.5 Å². The Morgan fingerprint density at radius 2 is 1.00 bits per heavy atom. The summed E-state index contributed by atoms with van der Waals surface area (Å²) in [4.78, 5) is 0. The molecule has 0 aromatic heterocycles. The van der Waals surface area contributed by atoms with Gasteiger partial charge in [-0.25, -0.2) is 0 Å². The monoisotopic (exact) mass is 291 g/mol. The van der Waals surface area contributed by atoms with Gasteiger partial charge in [0.1, 0.15) is 13.2 Å². The molecule has 114 valence electrons. The normalized spacial score (nSPS) is 11.8. The molecule has 0 heterocycles. The second-order valence-corrected chi connectivity index (χ2v) is 6.04. The molecule has 4 heteroatoms. The zero-order chi connectivity index (χ0) is 14.2. The van der Waals surface area contributed by atoms with E-state index in [2.05, 4.69) is 13.8 Å². The molecule has 1 unspecified atom stereocenters. The highest BCUT2D eigenvalue weighted by atomic mass is 31.1. The molecular formula is C15H32O3P+. The molecule has 0 radical (unpaired) electrons. The van der Waals surface area contributed by atoms with Gasteiger partial charge < -0.3 is 0 Å². The molecule has 0 amide bonds. The first kappa shape index (κ1) is 19.0. The number of hydrogen-bond acceptors (Lipinski definition) is 3. The van der Waals surface area contributed by atoms with Crippen LogP contribution in [-0.4, -0.2) is 13.2 Å². The SMILES string of the molecule is CCCCCCCCO[P+](=O)OCCCCCCC. The molecule has 0 saturated heterocycles. The van der Waals surface area contributed by atoms with Gasteiger partial charge in [0, 0.05) is 4.57 Å². The zero-order valence-corrected chi connectivity index (χ0v) is 13.8. The van der Waals surface area contributed by atoms with Crippen LogP contribution in [0.1, 0.15) is 84.5 Å². The van der Waals surface area contributed by atoms with Gasteiger partial charge in [-0.2, -0.15) is 0 Å². The smallest absolute Gasteiger partial charge is 0.119 e. The van der Waals surface area contributed by atoms with Crippen molar-refractivity contribution in [3.05, 3.63) is 0 Å². The first-order valence-corrected chi connectivity index (χ1v) is 9.13. The van der Waals surface area contributed by atoms with Gasteiger partial charge in [-0.1, -0.05) is 71.6 Å². The van der Waals surface area contributed by atoms with E-state index >= 15 is 0 Å². The molecule has 0 fully saturated rings. The fourth-order valence-corrected chi connectivity index (χ4v) is 2.53. The molecule has 1 atom stereocenters. The van der Waals surface area contributed by atoms with Gasteiger partial charge in [-0.05, 0) is 12.8 Å². The van der Waals surface area contributed by atoms with Gasteiger partial charge in [0.05, 0.1) is 0 Å². The summed E-state index contributed by atoms with van der Waals surface area (Å²) in [5.41, 5.74) is 0. The van der Waals surface area contributed by atoms with Gasteiger partial charge in [-0.3, -0.25) is 0 Å². The van der Waals surface area contributed by atoms with Gasteiger partial charge >= 0.3 is 8.25 Å². The van der Waals surface area contributed by atoms with Gasteiger partial charge in [-0.15, -0.1) is 9.05 Å². The minimum absolute atomic E-state index is 0.565. The maximum absolute atomic E-state index is 11.4. The number of hydrogen-bond donors (Lipinski definition) is 0. The molecule has 0 aliphatic heterocycles. The molecule has 19 heavy (non-hydrogen) atoms. The van der Waals surface area contributed by atoms with Crippen molar-refractivity contribution >= 4 is 8.25 Å². The zero-order valence-electron chi connectivity index (χ0n) is 12.9. The lowest BCUT2D eigenvalue weighted by molar-refractivity contribution is 0.218. The van der Waals surface area contributed by atoms with Gasteiger partial charge in [0.25, 0.3) is 0 Å². The Balaban J connectivity index is 3.13. The second kappa shape index (κ2) is 16.1. The molecule has 0 bridgehead atoms. The minimum atomic E-state index is -1.88. The fraction of sp³-hybridized carbons (Fsp3) is 1.00. The highest BCUT2D eigenvalue weighted by molar-refractivity contribution is 7.33. The largest absolute Gasteiger partial charge is 0.697 e. The van der Waals surface area contributed by atoms with Crippen LogP contribution < -0.4 is 0 Å². The van der Waals surface area contributed by atoms with E-state index in [1.165, 1.54) is 51.4 Å². The average molecular weight is 291 g/mol. The van der Waals surface area contributed by atoms with E-state index in [1.54, 1.807) is 0 Å². The van der Waals surface area contributed by atoms with Crippen LogP contribution in [-0.2, 0) is 13.6 Å². The predicted octanol–water partition coefficient (Wildman–Crippen LogP) is 6.01. The van der Waals surface area contributed by atoms with Crippen LogP contribution >= 0.6 is 8.25 Å². The van der Waals surface area contributed by atoms with E-state index in [-0.39, 0.29) is 0 Å². The lowest BCUT2D eigenvalue weighted by Gasteiger charge is -1.97. The van der Waals surface area contributed by atoms with E-state index in [1.807, 2.05) is 0 Å². The van der Waals surface area contributed by atoms with Crippen molar-refractivity contribution in [2.24, 2.45) is 0 Å². The standard InChI is InChI=1S/C15H32O3P/c1-3-5-7-9-11-13-15-18-19(16)17-14-12-10-8-6-4-2/h3-15H2,1-2H3/q+1. The van der Waals surface area contributed by atoms with Crippen molar-refractivity contribution in [1.29, 1.82) is 0 Å². The van der Waals surface area contributed by atoms with E-state index in [0.717, 1.165) is 19.3 Å². The van der Waals surface area contributed by atoms with E-state index < -0.39 is 8.25 Å². The molecule has 0 saturated carbocycles. The Bertz CT molecular complexity index is 198. The molecular weight excluding hydrogens is 259 g/mol. The first-order valence-electron chi connectivity index (χ1n) is 8.04. The van der Waals surface area contributed by atoms with Crippen molar-refractivity contribution in [3.63, 3.8) is 0 Å². The highest BCUT2D eigenvalue weighted by Crippen LogP contribution is 2.24. The number of unbranched alkanes of at least 4 members (excludes halogenated alkanes) is 9. The van der Waals surface area contributed by atoms with Gasteiger partial charge in [0.15, 0.2) is 0 Å². The van der Waals surface area contributed by atoms with Gasteiger partial charge in [0.2, 0.25) is 0 Å². The summed E-state index contributed by atoms with van der Waals surface area (Å²) in [6, 6.07) is 0. The third-order valence-corrected chi connectivity index (χ3v) is 3.93. The third-order valence-electron chi connectivity index (χ3n) is 3.14.